The maximum atomic E-state index is 4.90. The number of ether oxygens (including phenoxy) is 1. The monoisotopic (exact) mass is 135 g/mol. The van der Waals surface area contributed by atoms with Crippen LogP contribution in [-0.2, 0) is 4.74 Å². The molecule has 0 atom stereocenters. The van der Waals surface area contributed by atoms with Crippen LogP contribution in [0.5, 0.6) is 0 Å². The summed E-state index contributed by atoms with van der Waals surface area (Å²) in [6.45, 7) is 0. The zero-order chi connectivity index (χ0) is 7.23. The van der Waals surface area contributed by atoms with Crippen LogP contribution < -0.4 is 0 Å². The molecule has 2 heteroatoms. The van der Waals surface area contributed by atoms with E-state index in [1.807, 2.05) is 24.3 Å². The molecule has 0 aliphatic carbocycles. The Bertz CT molecular complexity index is 211. The third kappa shape index (κ3) is 1.90. The molecule has 0 radical (unpaired) electrons. The topological polar surface area (TPSA) is 21.6 Å². The Balaban J connectivity index is 2.73. The Morgan fingerprint density at radius 1 is 1.20 bits per heavy atom. The number of nitrogens with zero attached hydrogens (tertiary/aromatic N) is 1. The van der Waals surface area contributed by atoms with Crippen molar-refractivity contribution in [1.29, 1.82) is 0 Å². The highest BCUT2D eigenvalue weighted by atomic mass is 16.5. The van der Waals surface area contributed by atoms with Crippen molar-refractivity contribution in [2.24, 2.45) is 4.99 Å². The van der Waals surface area contributed by atoms with Gasteiger partial charge >= 0.3 is 0 Å². The molecule has 0 amide bonds. The zero-order valence-electron chi connectivity index (χ0n) is 5.82. The summed E-state index contributed by atoms with van der Waals surface area (Å²) in [6, 6.07) is 0. The molecular formula is C8H9NO. The summed E-state index contributed by atoms with van der Waals surface area (Å²) < 4.78 is 4.90. The van der Waals surface area contributed by atoms with E-state index < -0.39 is 0 Å². The van der Waals surface area contributed by atoms with Gasteiger partial charge in [-0.3, -0.25) is 0 Å². The molecule has 0 aromatic rings. The second kappa shape index (κ2) is 3.67. The molecule has 0 spiro atoms. The fraction of sp³-hybridized carbons (Fsp3) is 0.125. The Labute approximate surface area is 60.2 Å². The van der Waals surface area contributed by atoms with E-state index in [4.69, 9.17) is 4.74 Å². The highest BCUT2D eigenvalue weighted by Crippen LogP contribution is 1.91. The lowest BCUT2D eigenvalue weighted by Gasteiger charge is -1.95. The lowest BCUT2D eigenvalue weighted by molar-refractivity contribution is 0.407. The largest absolute Gasteiger partial charge is 0.481 e. The maximum absolute atomic E-state index is 4.90. The van der Waals surface area contributed by atoms with Crippen LogP contribution in [0.4, 0.5) is 0 Å². The molecule has 52 valence electrons. The Morgan fingerprint density at radius 2 is 2.00 bits per heavy atom. The summed E-state index contributed by atoms with van der Waals surface area (Å²) in [4.78, 5) is 3.98. The van der Waals surface area contributed by atoms with Crippen LogP contribution in [-0.4, -0.2) is 13.0 Å². The van der Waals surface area contributed by atoms with E-state index in [2.05, 4.69) is 4.99 Å². The summed E-state index contributed by atoms with van der Waals surface area (Å²) in [5.74, 6) is 0.626. The molecule has 0 saturated carbocycles. The summed E-state index contributed by atoms with van der Waals surface area (Å²) in [7, 11) is 1.60. The van der Waals surface area contributed by atoms with Gasteiger partial charge in [-0.1, -0.05) is 18.2 Å². The van der Waals surface area contributed by atoms with Crippen molar-refractivity contribution in [3.63, 3.8) is 0 Å². The molecule has 0 unspecified atom stereocenters. The molecule has 10 heavy (non-hydrogen) atoms. The van der Waals surface area contributed by atoms with Crippen molar-refractivity contribution >= 4 is 5.90 Å². The van der Waals surface area contributed by atoms with Crippen LogP contribution in [0.1, 0.15) is 0 Å². The van der Waals surface area contributed by atoms with Crippen molar-refractivity contribution in [3.05, 3.63) is 36.6 Å². The van der Waals surface area contributed by atoms with Gasteiger partial charge in [0.05, 0.1) is 7.11 Å². The average Bonchev–Trinajstić information content (AvgIpc) is 1.87. The number of hydrogen-bond donors (Lipinski definition) is 0. The van der Waals surface area contributed by atoms with Crippen LogP contribution in [0.25, 0.3) is 0 Å². The first-order valence-corrected chi connectivity index (χ1v) is 3.05. The predicted molar refractivity (Wildman–Crippen MR) is 41.9 cm³/mol. The summed E-state index contributed by atoms with van der Waals surface area (Å²) >= 11 is 0. The second-order valence-electron chi connectivity index (χ2n) is 1.76. The highest BCUT2D eigenvalue weighted by Gasteiger charge is 1.86. The van der Waals surface area contributed by atoms with Gasteiger partial charge in [-0.25, -0.2) is 4.99 Å². The highest BCUT2D eigenvalue weighted by molar-refractivity contribution is 5.88. The van der Waals surface area contributed by atoms with Gasteiger partial charge in [0, 0.05) is 12.3 Å². The van der Waals surface area contributed by atoms with E-state index in [-0.39, 0.29) is 0 Å². The van der Waals surface area contributed by atoms with Crippen LogP contribution in [0.3, 0.4) is 0 Å². The number of aliphatic imine (C=N–C) groups is 1. The number of rotatable bonds is 0. The average molecular weight is 135 g/mol. The van der Waals surface area contributed by atoms with Gasteiger partial charge in [-0.2, -0.15) is 0 Å². The third-order valence-corrected chi connectivity index (χ3v) is 1.07. The van der Waals surface area contributed by atoms with Crippen molar-refractivity contribution < 1.29 is 4.74 Å². The maximum Gasteiger partial charge on any atom is 0.212 e. The van der Waals surface area contributed by atoms with Crippen molar-refractivity contribution in [3.8, 4) is 0 Å². The molecule has 0 saturated heterocycles. The van der Waals surface area contributed by atoms with Crippen LogP contribution >= 0.6 is 0 Å². The number of allylic oxidation sites excluding steroid dienone is 4. The Kier molecular flexibility index (Phi) is 2.49. The van der Waals surface area contributed by atoms with Gasteiger partial charge in [0.25, 0.3) is 0 Å². The van der Waals surface area contributed by atoms with Crippen LogP contribution in [0, 0.1) is 0 Å². The first kappa shape index (κ1) is 6.81. The number of hydrogen-bond acceptors (Lipinski definition) is 2. The van der Waals surface area contributed by atoms with E-state index in [1.54, 1.807) is 19.4 Å². The first-order valence-electron chi connectivity index (χ1n) is 3.05. The minimum atomic E-state index is 0.626. The lowest BCUT2D eigenvalue weighted by atomic mass is 10.4. The van der Waals surface area contributed by atoms with Gasteiger partial charge in [-0.15, -0.1) is 0 Å². The smallest absolute Gasteiger partial charge is 0.212 e. The summed E-state index contributed by atoms with van der Waals surface area (Å²) in [5, 5.41) is 0. The van der Waals surface area contributed by atoms with Crippen molar-refractivity contribution in [2.75, 3.05) is 7.11 Å². The molecule has 1 aliphatic heterocycles. The second-order valence-corrected chi connectivity index (χ2v) is 1.76. The molecule has 1 heterocycles. The van der Waals surface area contributed by atoms with Gasteiger partial charge in [0.2, 0.25) is 5.90 Å². The quantitative estimate of drug-likeness (QED) is 0.495. The molecular weight excluding hydrogens is 126 g/mol. The lowest BCUT2D eigenvalue weighted by Crippen LogP contribution is -1.94. The fourth-order valence-electron chi connectivity index (χ4n) is 0.596. The summed E-state index contributed by atoms with van der Waals surface area (Å²) in [5.41, 5.74) is 0. The standard InChI is InChI=1S/C8H9NO/c1-10-8-6-4-2-3-5-7-9-8/h2-7H,1H3/b3-2-,4-2?,5-3?,6-4+,7-5+,8-6?,9-7?,9-8+. The van der Waals surface area contributed by atoms with Gasteiger partial charge in [-0.05, 0) is 6.08 Å². The van der Waals surface area contributed by atoms with E-state index in [0.29, 0.717) is 5.90 Å². The van der Waals surface area contributed by atoms with Crippen molar-refractivity contribution in [2.45, 2.75) is 0 Å². The number of methoxy groups -OCH3 is 1. The molecule has 0 aromatic carbocycles. The summed E-state index contributed by atoms with van der Waals surface area (Å²) in [6.07, 6.45) is 11.1. The van der Waals surface area contributed by atoms with Gasteiger partial charge in [0.1, 0.15) is 0 Å². The third-order valence-electron chi connectivity index (χ3n) is 1.07. The van der Waals surface area contributed by atoms with E-state index in [0.717, 1.165) is 0 Å². The molecule has 0 fully saturated rings. The molecule has 0 bridgehead atoms. The van der Waals surface area contributed by atoms with Crippen LogP contribution in [0.15, 0.2) is 41.6 Å². The Morgan fingerprint density at radius 3 is 2.80 bits per heavy atom. The molecule has 1 rings (SSSR count). The molecule has 2 nitrogen and oxygen atoms in total. The SMILES string of the molecule is COC1=N/C=C/C=C\C=C\1. The van der Waals surface area contributed by atoms with Gasteiger partial charge in [0.15, 0.2) is 0 Å². The first-order chi connectivity index (χ1) is 4.93. The zero-order valence-corrected chi connectivity index (χ0v) is 5.82. The Hall–Kier alpha value is -1.31. The normalized spacial score (nSPS) is 30.7. The predicted octanol–water partition coefficient (Wildman–Crippen LogP) is 1.67. The van der Waals surface area contributed by atoms with Crippen LogP contribution in [0.2, 0.25) is 0 Å². The van der Waals surface area contributed by atoms with E-state index >= 15 is 0 Å². The molecule has 0 N–H and O–H groups in total. The minimum Gasteiger partial charge on any atom is -0.481 e. The van der Waals surface area contributed by atoms with E-state index in [1.165, 1.54) is 0 Å². The molecule has 1 aliphatic rings. The fourth-order valence-corrected chi connectivity index (χ4v) is 0.596. The molecule has 0 aromatic heterocycles. The van der Waals surface area contributed by atoms with Gasteiger partial charge < -0.3 is 4.74 Å². The van der Waals surface area contributed by atoms with E-state index in [9.17, 15) is 0 Å². The minimum absolute atomic E-state index is 0.626. The van der Waals surface area contributed by atoms with Crippen molar-refractivity contribution in [1.82, 2.24) is 0 Å².